The average Bonchev–Trinajstić information content (AvgIpc) is 2.52. The van der Waals surface area contributed by atoms with Crippen molar-refractivity contribution in [1.29, 1.82) is 0 Å². The number of rotatable bonds is 4. The van der Waals surface area contributed by atoms with Crippen LogP contribution in [0.3, 0.4) is 0 Å². The Morgan fingerprint density at radius 3 is 2.62 bits per heavy atom. The molecule has 3 aromatic rings. The summed E-state index contributed by atoms with van der Waals surface area (Å²) in [4.78, 5) is 4.13. The standard InChI is InChI=1S/C17H16ClN3/c18-13-3-1-12(2-4-13)7-10-21-17-6-5-16(19)15-11-20-9-8-14(15)17/h1-6,8-9,11,21H,7,10,19H2. The summed E-state index contributed by atoms with van der Waals surface area (Å²) in [7, 11) is 0. The lowest BCUT2D eigenvalue weighted by Gasteiger charge is -2.11. The summed E-state index contributed by atoms with van der Waals surface area (Å²) < 4.78 is 0. The van der Waals surface area contributed by atoms with E-state index in [9.17, 15) is 0 Å². The van der Waals surface area contributed by atoms with E-state index in [2.05, 4.69) is 22.4 Å². The number of anilines is 2. The molecule has 106 valence electrons. The SMILES string of the molecule is Nc1ccc(NCCc2ccc(Cl)cc2)c2ccncc12. The van der Waals surface area contributed by atoms with Crippen LogP contribution in [0.4, 0.5) is 11.4 Å². The van der Waals surface area contributed by atoms with Crippen LogP contribution in [0.1, 0.15) is 5.56 Å². The van der Waals surface area contributed by atoms with Gasteiger partial charge in [-0.25, -0.2) is 0 Å². The molecule has 0 fully saturated rings. The minimum atomic E-state index is 0.751. The summed E-state index contributed by atoms with van der Waals surface area (Å²) >= 11 is 5.89. The Labute approximate surface area is 128 Å². The molecule has 0 amide bonds. The van der Waals surface area contributed by atoms with Crippen LogP contribution >= 0.6 is 11.6 Å². The topological polar surface area (TPSA) is 50.9 Å². The van der Waals surface area contributed by atoms with Gasteiger partial charge in [0, 0.05) is 46.1 Å². The number of benzene rings is 2. The second-order valence-corrected chi connectivity index (χ2v) is 5.36. The summed E-state index contributed by atoms with van der Waals surface area (Å²) in [5.74, 6) is 0. The predicted octanol–water partition coefficient (Wildman–Crippen LogP) is 4.13. The number of nitrogen functional groups attached to an aromatic ring is 1. The van der Waals surface area contributed by atoms with Crippen LogP contribution in [0.2, 0.25) is 5.02 Å². The Balaban J connectivity index is 1.74. The van der Waals surface area contributed by atoms with Crippen molar-refractivity contribution in [2.45, 2.75) is 6.42 Å². The van der Waals surface area contributed by atoms with Gasteiger partial charge in [0.2, 0.25) is 0 Å². The highest BCUT2D eigenvalue weighted by atomic mass is 35.5. The van der Waals surface area contributed by atoms with Crippen LogP contribution in [0, 0.1) is 0 Å². The summed E-state index contributed by atoms with van der Waals surface area (Å²) in [5.41, 5.74) is 9.07. The number of hydrogen-bond acceptors (Lipinski definition) is 3. The van der Waals surface area contributed by atoms with E-state index in [1.807, 2.05) is 30.3 Å². The molecule has 1 aromatic heterocycles. The molecule has 2 aromatic carbocycles. The van der Waals surface area contributed by atoms with Crippen molar-refractivity contribution in [1.82, 2.24) is 4.98 Å². The maximum atomic E-state index is 5.98. The van der Waals surface area contributed by atoms with E-state index >= 15 is 0 Å². The van der Waals surface area contributed by atoms with E-state index in [0.717, 1.165) is 40.1 Å². The van der Waals surface area contributed by atoms with Gasteiger partial charge < -0.3 is 11.1 Å². The zero-order valence-corrected chi connectivity index (χ0v) is 12.3. The van der Waals surface area contributed by atoms with Crippen molar-refractivity contribution >= 4 is 33.7 Å². The van der Waals surface area contributed by atoms with Gasteiger partial charge >= 0.3 is 0 Å². The third-order valence-corrected chi connectivity index (χ3v) is 3.75. The Morgan fingerprint density at radius 1 is 1.00 bits per heavy atom. The Bertz CT molecular complexity index is 754. The fourth-order valence-electron chi connectivity index (χ4n) is 2.36. The van der Waals surface area contributed by atoms with E-state index in [1.54, 1.807) is 12.4 Å². The van der Waals surface area contributed by atoms with Crippen LogP contribution in [0.5, 0.6) is 0 Å². The average molecular weight is 298 g/mol. The predicted molar refractivity (Wildman–Crippen MR) is 89.8 cm³/mol. The molecule has 0 radical (unpaired) electrons. The Kier molecular flexibility index (Phi) is 3.93. The molecular weight excluding hydrogens is 282 g/mol. The highest BCUT2D eigenvalue weighted by Crippen LogP contribution is 2.27. The molecular formula is C17H16ClN3. The molecule has 0 spiro atoms. The number of aromatic nitrogens is 1. The number of fused-ring (bicyclic) bond motifs is 1. The van der Waals surface area contributed by atoms with Gasteiger partial charge in [0.25, 0.3) is 0 Å². The molecule has 3 nitrogen and oxygen atoms in total. The maximum absolute atomic E-state index is 5.98. The lowest BCUT2D eigenvalue weighted by atomic mass is 10.1. The van der Waals surface area contributed by atoms with Crippen LogP contribution in [0.25, 0.3) is 10.8 Å². The smallest absolute Gasteiger partial charge is 0.0422 e. The van der Waals surface area contributed by atoms with Crippen LogP contribution in [0.15, 0.2) is 54.9 Å². The van der Waals surface area contributed by atoms with E-state index in [-0.39, 0.29) is 0 Å². The molecule has 0 aliphatic rings. The Morgan fingerprint density at radius 2 is 1.81 bits per heavy atom. The molecule has 3 N–H and O–H groups in total. The van der Waals surface area contributed by atoms with Gasteiger partial charge in [0.05, 0.1) is 0 Å². The zero-order chi connectivity index (χ0) is 14.7. The highest BCUT2D eigenvalue weighted by Gasteiger charge is 2.03. The summed E-state index contributed by atoms with van der Waals surface area (Å²) in [6, 6.07) is 13.8. The van der Waals surface area contributed by atoms with Gasteiger partial charge in [0.15, 0.2) is 0 Å². The van der Waals surface area contributed by atoms with E-state index in [0.29, 0.717) is 0 Å². The second kappa shape index (κ2) is 6.02. The fourth-order valence-corrected chi connectivity index (χ4v) is 2.48. The van der Waals surface area contributed by atoms with Crippen LogP contribution in [-0.2, 0) is 6.42 Å². The zero-order valence-electron chi connectivity index (χ0n) is 11.5. The summed E-state index contributed by atoms with van der Waals surface area (Å²) in [6.45, 7) is 0.850. The van der Waals surface area contributed by atoms with Crippen LogP contribution in [-0.4, -0.2) is 11.5 Å². The lowest BCUT2D eigenvalue weighted by molar-refractivity contribution is 1.02. The first-order chi connectivity index (χ1) is 10.2. The van der Waals surface area contributed by atoms with Gasteiger partial charge in [0.1, 0.15) is 0 Å². The van der Waals surface area contributed by atoms with Crippen LogP contribution < -0.4 is 11.1 Å². The first kappa shape index (κ1) is 13.7. The first-order valence-electron chi connectivity index (χ1n) is 6.84. The molecule has 0 atom stereocenters. The highest BCUT2D eigenvalue weighted by molar-refractivity contribution is 6.30. The molecule has 4 heteroatoms. The molecule has 3 rings (SSSR count). The van der Waals surface area contributed by atoms with E-state index < -0.39 is 0 Å². The Hall–Kier alpha value is -2.26. The van der Waals surface area contributed by atoms with Crippen molar-refractivity contribution in [3.05, 3.63) is 65.4 Å². The van der Waals surface area contributed by atoms with Crippen molar-refractivity contribution in [3.8, 4) is 0 Å². The first-order valence-corrected chi connectivity index (χ1v) is 7.22. The molecule has 0 saturated heterocycles. The lowest BCUT2D eigenvalue weighted by Crippen LogP contribution is -2.05. The minimum absolute atomic E-state index is 0.751. The maximum Gasteiger partial charge on any atom is 0.0422 e. The number of nitrogens with two attached hydrogens (primary N) is 1. The molecule has 0 unspecified atom stereocenters. The normalized spacial score (nSPS) is 10.7. The second-order valence-electron chi connectivity index (χ2n) is 4.93. The van der Waals surface area contributed by atoms with Gasteiger partial charge in [-0.1, -0.05) is 23.7 Å². The number of halogens is 1. The number of pyridine rings is 1. The van der Waals surface area contributed by atoms with Gasteiger partial charge in [-0.2, -0.15) is 0 Å². The minimum Gasteiger partial charge on any atom is -0.398 e. The van der Waals surface area contributed by atoms with Crippen molar-refractivity contribution < 1.29 is 0 Å². The van der Waals surface area contributed by atoms with E-state index in [1.165, 1.54) is 5.56 Å². The molecule has 0 aliphatic carbocycles. The fraction of sp³-hybridized carbons (Fsp3) is 0.118. The summed E-state index contributed by atoms with van der Waals surface area (Å²) in [6.07, 6.45) is 4.52. The third kappa shape index (κ3) is 3.09. The van der Waals surface area contributed by atoms with E-state index in [4.69, 9.17) is 17.3 Å². The monoisotopic (exact) mass is 297 g/mol. The van der Waals surface area contributed by atoms with Crippen molar-refractivity contribution in [3.63, 3.8) is 0 Å². The third-order valence-electron chi connectivity index (χ3n) is 3.49. The van der Waals surface area contributed by atoms with Gasteiger partial charge in [-0.3, -0.25) is 4.98 Å². The molecule has 0 saturated carbocycles. The van der Waals surface area contributed by atoms with Crippen molar-refractivity contribution in [2.24, 2.45) is 0 Å². The molecule has 0 bridgehead atoms. The molecule has 0 aliphatic heterocycles. The molecule has 21 heavy (non-hydrogen) atoms. The number of nitrogens with zero attached hydrogens (tertiary/aromatic N) is 1. The quantitative estimate of drug-likeness (QED) is 0.712. The largest absolute Gasteiger partial charge is 0.398 e. The van der Waals surface area contributed by atoms with Gasteiger partial charge in [-0.05, 0) is 42.3 Å². The van der Waals surface area contributed by atoms with Crippen molar-refractivity contribution in [2.75, 3.05) is 17.6 Å². The van der Waals surface area contributed by atoms with Gasteiger partial charge in [-0.15, -0.1) is 0 Å². The summed E-state index contributed by atoms with van der Waals surface area (Å²) in [5, 5.41) is 6.31. The number of nitrogens with one attached hydrogen (secondary N) is 1. The molecule has 1 heterocycles. The number of hydrogen-bond donors (Lipinski definition) is 2.